The summed E-state index contributed by atoms with van der Waals surface area (Å²) >= 11 is 0. The van der Waals surface area contributed by atoms with Crippen molar-refractivity contribution in [2.24, 2.45) is 10.8 Å². The Morgan fingerprint density at radius 2 is 1.69 bits per heavy atom. The fraction of sp³-hybridized carbons (Fsp3) is 0.698. The van der Waals surface area contributed by atoms with Crippen molar-refractivity contribution < 1.29 is 58.1 Å². The molecular weight excluding hydrogens is 708 g/mol. The molecule has 55 heavy (non-hydrogen) atoms. The fourth-order valence-electron chi connectivity index (χ4n) is 8.10. The zero-order chi connectivity index (χ0) is 40.6. The number of hydrogen-bond acceptors (Lipinski definition) is 12. The van der Waals surface area contributed by atoms with Crippen LogP contribution in [0.4, 0.5) is 0 Å². The van der Waals surface area contributed by atoms with E-state index in [1.807, 2.05) is 19.1 Å². The third kappa shape index (κ3) is 12.7. The van der Waals surface area contributed by atoms with Crippen LogP contribution in [0, 0.1) is 10.8 Å². The number of carbonyl (C=O) groups excluding carboxylic acids is 3. The first kappa shape index (κ1) is 44.6. The van der Waals surface area contributed by atoms with E-state index >= 15 is 0 Å². The predicted octanol–water partition coefficient (Wildman–Crippen LogP) is 5.88. The molecule has 10 atom stereocenters. The van der Waals surface area contributed by atoms with Crippen molar-refractivity contribution in [1.29, 1.82) is 0 Å². The molecule has 12 nitrogen and oxygen atoms in total. The van der Waals surface area contributed by atoms with Crippen molar-refractivity contribution in [2.45, 2.75) is 173 Å². The lowest BCUT2D eigenvalue weighted by Crippen LogP contribution is -2.62. The van der Waals surface area contributed by atoms with Crippen LogP contribution in [0.2, 0.25) is 0 Å². The third-order valence-electron chi connectivity index (χ3n) is 10.9. The van der Waals surface area contributed by atoms with E-state index in [0.29, 0.717) is 25.7 Å². The number of esters is 3. The Balaban J connectivity index is 1.78. The van der Waals surface area contributed by atoms with Crippen LogP contribution in [0.15, 0.2) is 60.3 Å². The van der Waals surface area contributed by atoms with Gasteiger partial charge in [0.1, 0.15) is 6.10 Å². The lowest BCUT2D eigenvalue weighted by Gasteiger charge is -2.51. The molecule has 4 aliphatic rings. The zero-order valence-corrected chi connectivity index (χ0v) is 33.7. The normalized spacial score (nSPS) is 36.5. The van der Waals surface area contributed by atoms with Gasteiger partial charge in [0, 0.05) is 36.8 Å². The molecule has 4 aliphatic heterocycles. The quantitative estimate of drug-likeness (QED) is 0.0927. The molecule has 3 fully saturated rings. The molecule has 0 aromatic heterocycles. The number of cyclic esters (lactones) is 1. The molecule has 0 radical (unpaired) electrons. The minimum absolute atomic E-state index is 0.0374. The first-order valence-electron chi connectivity index (χ1n) is 19.8. The highest BCUT2D eigenvalue weighted by Crippen LogP contribution is 2.47. The second kappa shape index (κ2) is 19.3. The van der Waals surface area contributed by atoms with Gasteiger partial charge in [0.05, 0.1) is 56.3 Å². The van der Waals surface area contributed by atoms with Gasteiger partial charge in [-0.15, -0.1) is 0 Å². The van der Waals surface area contributed by atoms with E-state index in [4.69, 9.17) is 28.4 Å². The Kier molecular flexibility index (Phi) is 15.7. The molecule has 308 valence electrons. The highest BCUT2D eigenvalue weighted by Gasteiger charge is 2.57. The topological polar surface area (TPSA) is 167 Å². The molecule has 4 heterocycles. The standard InChI is InChI=1S/C43H64O12/c1-9-10-11-12-13-14-37(46)54-40-29(20-38(47)50-8)19-34-24-36(28(3)44)53-39(48)22-30(45)21-32-17-27(2)18-33(52-32)23-35-26-41(4,5)25-31(51-35)15-16-42(6,7)43(40,49)55-34/h11-16,20,28,30-36,40,44-45,49H,2,9-10,17-19,21-26H2,1,3-8H3/b12-11+,14-13+,16-15+,29-20+/t28-,30-,31+,32+,33-,34+,35-,36-,40+,43-/m1/s1. The maximum atomic E-state index is 13.3. The van der Waals surface area contributed by atoms with Gasteiger partial charge in [0.25, 0.3) is 0 Å². The maximum absolute atomic E-state index is 13.3. The SMILES string of the molecule is C=C1C[C@@H]2C[C@@H]3CC(C)(C)C[C@H](/C=C/C(C)(C)[C@]4(O)O[C@@H](C/C(=C\C(=O)OC)[C@@H]4OC(=O)/C=C/C=C/CCC)C[C@H]([C@@H](C)O)OC(=O)C[C@H](O)C[C@H](C1)O2)O3. The van der Waals surface area contributed by atoms with E-state index in [1.165, 1.54) is 26.2 Å². The van der Waals surface area contributed by atoms with Gasteiger partial charge in [-0.05, 0) is 56.4 Å². The number of hydrogen-bond donors (Lipinski definition) is 3. The minimum Gasteiger partial charge on any atom is -0.466 e. The highest BCUT2D eigenvalue weighted by atomic mass is 16.7. The fourth-order valence-corrected chi connectivity index (χ4v) is 8.10. The molecule has 6 bridgehead atoms. The average molecular weight is 773 g/mol. The van der Waals surface area contributed by atoms with E-state index in [9.17, 15) is 29.7 Å². The summed E-state index contributed by atoms with van der Waals surface area (Å²) in [6, 6.07) is 0. The third-order valence-corrected chi connectivity index (χ3v) is 10.9. The molecule has 0 aromatic rings. The van der Waals surface area contributed by atoms with Gasteiger partial charge in [0.15, 0.2) is 6.10 Å². The van der Waals surface area contributed by atoms with E-state index in [2.05, 4.69) is 20.4 Å². The summed E-state index contributed by atoms with van der Waals surface area (Å²) in [5.74, 6) is -4.52. The molecule has 0 spiro atoms. The van der Waals surface area contributed by atoms with E-state index in [-0.39, 0.29) is 61.1 Å². The number of allylic oxidation sites excluding steroid dienone is 3. The molecule has 0 unspecified atom stereocenters. The van der Waals surface area contributed by atoms with E-state index < -0.39 is 59.6 Å². The van der Waals surface area contributed by atoms with Gasteiger partial charge in [0.2, 0.25) is 5.79 Å². The van der Waals surface area contributed by atoms with Crippen LogP contribution >= 0.6 is 0 Å². The van der Waals surface area contributed by atoms with Gasteiger partial charge in [-0.2, -0.15) is 0 Å². The monoisotopic (exact) mass is 772 g/mol. The number of aliphatic hydroxyl groups is 3. The smallest absolute Gasteiger partial charge is 0.331 e. The lowest BCUT2D eigenvalue weighted by molar-refractivity contribution is -0.327. The second-order valence-electron chi connectivity index (χ2n) is 17.1. The number of fused-ring (bicyclic) bond motifs is 6. The largest absolute Gasteiger partial charge is 0.466 e. The Hall–Kier alpha value is -3.13. The number of unbranched alkanes of at least 4 members (excludes halogenated alkanes) is 1. The summed E-state index contributed by atoms with van der Waals surface area (Å²) in [4.78, 5) is 39.3. The van der Waals surface area contributed by atoms with Gasteiger partial charge >= 0.3 is 17.9 Å². The van der Waals surface area contributed by atoms with Crippen LogP contribution in [0.1, 0.15) is 112 Å². The predicted molar refractivity (Wildman–Crippen MR) is 205 cm³/mol. The minimum atomic E-state index is -2.28. The lowest BCUT2D eigenvalue weighted by atomic mass is 9.73. The Bertz CT molecular complexity index is 1470. The maximum Gasteiger partial charge on any atom is 0.331 e. The van der Waals surface area contributed by atoms with Crippen LogP contribution < -0.4 is 0 Å². The first-order chi connectivity index (χ1) is 25.8. The number of rotatable bonds is 7. The van der Waals surface area contributed by atoms with Gasteiger partial charge in [-0.3, -0.25) is 4.79 Å². The zero-order valence-electron chi connectivity index (χ0n) is 33.7. The molecular formula is C43H64O12. The molecule has 0 aliphatic carbocycles. The Morgan fingerprint density at radius 1 is 0.982 bits per heavy atom. The molecule has 3 N–H and O–H groups in total. The van der Waals surface area contributed by atoms with Crippen molar-refractivity contribution in [3.63, 3.8) is 0 Å². The number of aliphatic hydroxyl groups excluding tert-OH is 2. The van der Waals surface area contributed by atoms with Crippen LogP contribution in [-0.4, -0.2) is 101 Å². The van der Waals surface area contributed by atoms with Crippen LogP contribution in [-0.2, 0) is 42.8 Å². The van der Waals surface area contributed by atoms with Crippen LogP contribution in [0.5, 0.6) is 0 Å². The number of carbonyl (C=O) groups is 3. The van der Waals surface area contributed by atoms with Crippen molar-refractivity contribution in [3.8, 4) is 0 Å². The molecule has 0 saturated carbocycles. The molecule has 0 aromatic carbocycles. The van der Waals surface area contributed by atoms with Crippen molar-refractivity contribution in [2.75, 3.05) is 7.11 Å². The first-order valence-corrected chi connectivity index (χ1v) is 19.8. The van der Waals surface area contributed by atoms with E-state index in [0.717, 1.165) is 24.8 Å². The van der Waals surface area contributed by atoms with Crippen LogP contribution in [0.3, 0.4) is 0 Å². The van der Waals surface area contributed by atoms with Gasteiger partial charge in [-0.25, -0.2) is 9.59 Å². The average Bonchev–Trinajstić information content (AvgIpc) is 3.07. The van der Waals surface area contributed by atoms with Crippen molar-refractivity contribution >= 4 is 17.9 Å². The van der Waals surface area contributed by atoms with E-state index in [1.54, 1.807) is 32.1 Å². The molecule has 0 amide bonds. The molecule has 3 saturated heterocycles. The Morgan fingerprint density at radius 3 is 2.36 bits per heavy atom. The van der Waals surface area contributed by atoms with Crippen molar-refractivity contribution in [3.05, 3.63) is 60.3 Å². The summed E-state index contributed by atoms with van der Waals surface area (Å²) in [5, 5.41) is 34.6. The summed E-state index contributed by atoms with van der Waals surface area (Å²) in [6.07, 6.45) is 9.38. The molecule has 4 rings (SSSR count). The summed E-state index contributed by atoms with van der Waals surface area (Å²) in [7, 11) is 1.21. The Labute approximate surface area is 326 Å². The second-order valence-corrected chi connectivity index (χ2v) is 17.1. The van der Waals surface area contributed by atoms with Crippen LogP contribution in [0.25, 0.3) is 0 Å². The summed E-state index contributed by atoms with van der Waals surface area (Å²) in [5.41, 5.74) is -0.158. The highest BCUT2D eigenvalue weighted by molar-refractivity contribution is 5.84. The van der Waals surface area contributed by atoms with Crippen molar-refractivity contribution in [1.82, 2.24) is 0 Å². The number of ether oxygens (including phenoxy) is 6. The summed E-state index contributed by atoms with van der Waals surface area (Å²) < 4.78 is 36.2. The van der Waals surface area contributed by atoms with Gasteiger partial charge in [-0.1, -0.05) is 83.6 Å². The van der Waals surface area contributed by atoms with Gasteiger partial charge < -0.3 is 43.7 Å². The molecule has 12 heteroatoms. The number of methoxy groups -OCH3 is 1. The summed E-state index contributed by atoms with van der Waals surface area (Å²) in [6.45, 7) is 15.6.